The van der Waals surface area contributed by atoms with E-state index in [-0.39, 0.29) is 74.0 Å². The molecule has 2 aliphatic heterocycles. The lowest BCUT2D eigenvalue weighted by Crippen LogP contribution is -2.56. The Hall–Kier alpha value is -4.62. The SMILES string of the molecule is O=C(NC(C(=O)N1CCN(C(=O)O)CC1)C1CC1)c1cc(OCC(=O)N2CCCC2C(=O)NC2CCC2)n(-c2ccccc2)n1. The predicted molar refractivity (Wildman–Crippen MR) is 160 cm³/mol. The van der Waals surface area contributed by atoms with Gasteiger partial charge in [0.2, 0.25) is 17.7 Å². The van der Waals surface area contributed by atoms with Crippen molar-refractivity contribution in [2.24, 2.45) is 5.92 Å². The number of rotatable bonds is 10. The summed E-state index contributed by atoms with van der Waals surface area (Å²) in [6.45, 7) is 1.10. The number of benzene rings is 1. The number of hydrogen-bond acceptors (Lipinski definition) is 7. The average Bonchev–Trinajstić information content (AvgIpc) is 3.58. The normalized spacial score (nSPS) is 20.7. The van der Waals surface area contributed by atoms with Crippen LogP contribution in [-0.2, 0) is 14.4 Å². The van der Waals surface area contributed by atoms with Gasteiger partial charge < -0.3 is 35.2 Å². The summed E-state index contributed by atoms with van der Waals surface area (Å²) in [6, 6.07) is 9.41. The van der Waals surface area contributed by atoms with Crippen molar-refractivity contribution in [3.8, 4) is 11.6 Å². The van der Waals surface area contributed by atoms with Crippen LogP contribution in [0, 0.1) is 5.92 Å². The zero-order valence-electron chi connectivity index (χ0n) is 25.1. The van der Waals surface area contributed by atoms with Crippen molar-refractivity contribution in [1.82, 2.24) is 35.1 Å². The molecule has 14 heteroatoms. The molecule has 4 fully saturated rings. The smallest absolute Gasteiger partial charge is 0.407 e. The first-order valence-corrected chi connectivity index (χ1v) is 15.7. The predicted octanol–water partition coefficient (Wildman–Crippen LogP) is 1.24. The maximum Gasteiger partial charge on any atom is 0.407 e. The number of carboxylic acid groups (broad SMARTS) is 1. The molecule has 14 nitrogen and oxygen atoms in total. The van der Waals surface area contributed by atoms with Gasteiger partial charge in [-0.25, -0.2) is 9.48 Å². The van der Waals surface area contributed by atoms with Crippen LogP contribution in [-0.4, -0.2) is 117 Å². The number of carbonyl (C=O) groups excluding carboxylic acids is 4. The monoisotopic (exact) mass is 621 g/mol. The van der Waals surface area contributed by atoms with E-state index >= 15 is 0 Å². The number of likely N-dealkylation sites (tertiary alicyclic amines) is 1. The van der Waals surface area contributed by atoms with Crippen molar-refractivity contribution in [3.05, 3.63) is 42.1 Å². The molecule has 2 aliphatic carbocycles. The molecule has 4 aliphatic rings. The number of ether oxygens (including phenoxy) is 1. The minimum atomic E-state index is -1.02. The second-order valence-corrected chi connectivity index (χ2v) is 12.2. The highest BCUT2D eigenvalue weighted by Gasteiger charge is 2.41. The molecule has 6 rings (SSSR count). The Balaban J connectivity index is 1.13. The van der Waals surface area contributed by atoms with E-state index in [0.717, 1.165) is 38.5 Å². The van der Waals surface area contributed by atoms with Gasteiger partial charge in [-0.3, -0.25) is 19.2 Å². The average molecular weight is 622 g/mol. The minimum absolute atomic E-state index is 0.00148. The first-order chi connectivity index (χ1) is 21.8. The first kappa shape index (κ1) is 30.4. The number of aromatic nitrogens is 2. The first-order valence-electron chi connectivity index (χ1n) is 15.7. The lowest BCUT2D eigenvalue weighted by molar-refractivity contribution is -0.140. The fourth-order valence-corrected chi connectivity index (χ4v) is 6.08. The molecule has 1 aromatic heterocycles. The van der Waals surface area contributed by atoms with Gasteiger partial charge in [0.15, 0.2) is 12.3 Å². The number of amides is 5. The lowest BCUT2D eigenvalue weighted by Gasteiger charge is -2.35. The molecule has 45 heavy (non-hydrogen) atoms. The lowest BCUT2D eigenvalue weighted by atomic mass is 9.93. The quantitative estimate of drug-likeness (QED) is 0.356. The van der Waals surface area contributed by atoms with Crippen molar-refractivity contribution in [1.29, 1.82) is 0 Å². The summed E-state index contributed by atoms with van der Waals surface area (Å²) < 4.78 is 7.38. The molecular formula is C31H39N7O7. The molecule has 3 N–H and O–H groups in total. The summed E-state index contributed by atoms with van der Waals surface area (Å²) in [5, 5.41) is 19.6. The van der Waals surface area contributed by atoms with Crippen LogP contribution in [0.25, 0.3) is 5.69 Å². The fraction of sp³-hybridized carbons (Fsp3) is 0.548. The molecule has 2 saturated heterocycles. The van der Waals surface area contributed by atoms with Crippen LogP contribution in [0.5, 0.6) is 5.88 Å². The van der Waals surface area contributed by atoms with Crippen molar-refractivity contribution >= 4 is 29.7 Å². The summed E-state index contributed by atoms with van der Waals surface area (Å²) in [5.74, 6) is -1.06. The highest BCUT2D eigenvalue weighted by atomic mass is 16.5. The fourth-order valence-electron chi connectivity index (χ4n) is 6.08. The third kappa shape index (κ3) is 6.89. The van der Waals surface area contributed by atoms with Crippen LogP contribution in [0.1, 0.15) is 55.4 Å². The molecule has 0 radical (unpaired) electrons. The molecule has 0 bridgehead atoms. The number of nitrogens with one attached hydrogen (secondary N) is 2. The number of piperazine rings is 1. The van der Waals surface area contributed by atoms with Crippen LogP contribution in [0.2, 0.25) is 0 Å². The summed E-state index contributed by atoms with van der Waals surface area (Å²) in [7, 11) is 0. The number of nitrogens with zero attached hydrogens (tertiary/aromatic N) is 5. The van der Waals surface area contributed by atoms with Crippen LogP contribution in [0.4, 0.5) is 4.79 Å². The van der Waals surface area contributed by atoms with Crippen molar-refractivity contribution in [2.75, 3.05) is 39.3 Å². The molecule has 2 saturated carbocycles. The Bertz CT molecular complexity index is 1430. The van der Waals surface area contributed by atoms with E-state index < -0.39 is 24.1 Å². The maximum absolute atomic E-state index is 13.5. The highest BCUT2D eigenvalue weighted by molar-refractivity contribution is 5.97. The molecule has 240 valence electrons. The van der Waals surface area contributed by atoms with Crippen LogP contribution < -0.4 is 15.4 Å². The molecular weight excluding hydrogens is 582 g/mol. The topological polar surface area (TPSA) is 166 Å². The summed E-state index contributed by atoms with van der Waals surface area (Å²) in [6.07, 6.45) is 4.96. The Kier molecular flexibility index (Phi) is 8.90. The Labute approximate surface area is 260 Å². The Morgan fingerprint density at radius 2 is 1.62 bits per heavy atom. The Morgan fingerprint density at radius 1 is 0.911 bits per heavy atom. The summed E-state index contributed by atoms with van der Waals surface area (Å²) in [5.41, 5.74) is 0.637. The van der Waals surface area contributed by atoms with Gasteiger partial charge in [-0.2, -0.15) is 5.10 Å². The van der Waals surface area contributed by atoms with E-state index in [2.05, 4.69) is 15.7 Å². The number of hydrogen-bond donors (Lipinski definition) is 3. The third-order valence-corrected chi connectivity index (χ3v) is 9.09. The van der Waals surface area contributed by atoms with Gasteiger partial charge in [0.1, 0.15) is 12.1 Å². The molecule has 5 amide bonds. The molecule has 2 unspecified atom stereocenters. The van der Waals surface area contributed by atoms with E-state index in [1.165, 1.54) is 15.6 Å². The second-order valence-electron chi connectivity index (χ2n) is 12.2. The summed E-state index contributed by atoms with van der Waals surface area (Å²) in [4.78, 5) is 68.6. The van der Waals surface area contributed by atoms with Gasteiger partial charge in [-0.05, 0) is 63.0 Å². The number of carbonyl (C=O) groups is 5. The summed E-state index contributed by atoms with van der Waals surface area (Å²) >= 11 is 0. The van der Waals surface area contributed by atoms with Gasteiger partial charge in [-0.15, -0.1) is 0 Å². The van der Waals surface area contributed by atoms with E-state index in [4.69, 9.17) is 4.74 Å². The molecule has 1 aromatic carbocycles. The van der Waals surface area contributed by atoms with E-state index in [1.54, 1.807) is 21.9 Å². The van der Waals surface area contributed by atoms with Crippen LogP contribution in [0.15, 0.2) is 36.4 Å². The van der Waals surface area contributed by atoms with Crippen molar-refractivity contribution < 1.29 is 33.8 Å². The molecule has 2 atom stereocenters. The van der Waals surface area contributed by atoms with Gasteiger partial charge in [0, 0.05) is 44.8 Å². The zero-order valence-corrected chi connectivity index (χ0v) is 25.1. The highest BCUT2D eigenvalue weighted by Crippen LogP contribution is 2.34. The molecule has 0 spiro atoms. The molecule has 2 aromatic rings. The maximum atomic E-state index is 13.5. The van der Waals surface area contributed by atoms with Crippen LogP contribution in [0.3, 0.4) is 0 Å². The van der Waals surface area contributed by atoms with E-state index in [1.807, 2.05) is 18.2 Å². The third-order valence-electron chi connectivity index (χ3n) is 9.09. The van der Waals surface area contributed by atoms with Crippen LogP contribution >= 0.6 is 0 Å². The minimum Gasteiger partial charge on any atom is -0.467 e. The number of para-hydroxylation sites is 1. The van der Waals surface area contributed by atoms with Gasteiger partial charge >= 0.3 is 6.09 Å². The second kappa shape index (κ2) is 13.2. The van der Waals surface area contributed by atoms with E-state index in [9.17, 15) is 29.1 Å². The standard InChI is InChI=1S/C31H39N7O7/c39-25(37-13-5-10-24(37)29(41)32-21-6-4-7-21)19-45-26-18-23(34-38(26)22-8-2-1-3-9-22)28(40)33-27(20-11-12-20)30(42)35-14-16-36(17-15-35)31(43)44/h1-3,8-9,18,20-21,24,27H,4-7,10-17,19H2,(H,32,41)(H,33,40)(H,43,44). The van der Waals surface area contributed by atoms with Gasteiger partial charge in [0.25, 0.3) is 11.8 Å². The van der Waals surface area contributed by atoms with Gasteiger partial charge in [-0.1, -0.05) is 18.2 Å². The Morgan fingerprint density at radius 3 is 2.27 bits per heavy atom. The van der Waals surface area contributed by atoms with Crippen molar-refractivity contribution in [2.45, 2.75) is 63.1 Å². The van der Waals surface area contributed by atoms with Crippen molar-refractivity contribution in [3.63, 3.8) is 0 Å². The molecule has 3 heterocycles. The van der Waals surface area contributed by atoms with E-state index in [0.29, 0.717) is 18.7 Å². The van der Waals surface area contributed by atoms with Gasteiger partial charge in [0.05, 0.1) is 5.69 Å². The zero-order chi connectivity index (χ0) is 31.5. The largest absolute Gasteiger partial charge is 0.467 e.